The first kappa shape index (κ1) is 23.1. The maximum Gasteiger partial charge on any atom is 0.243 e. The van der Waals surface area contributed by atoms with Gasteiger partial charge >= 0.3 is 0 Å². The Balaban J connectivity index is 1.98. The summed E-state index contributed by atoms with van der Waals surface area (Å²) in [6.07, 6.45) is 0. The number of nitrogens with one attached hydrogen (secondary N) is 2. The molecule has 0 radical (unpaired) electrons. The largest absolute Gasteiger partial charge is 0.325 e. The molecule has 0 spiro atoms. The Hall–Kier alpha value is -2.22. The summed E-state index contributed by atoms with van der Waals surface area (Å²) < 4.78 is 26.6. The highest BCUT2D eigenvalue weighted by Gasteiger charge is 2.21. The van der Waals surface area contributed by atoms with Crippen LogP contribution in [-0.4, -0.2) is 38.3 Å². The van der Waals surface area contributed by atoms with Gasteiger partial charge in [0.1, 0.15) is 0 Å². The van der Waals surface area contributed by atoms with Gasteiger partial charge in [0.2, 0.25) is 15.9 Å². The van der Waals surface area contributed by atoms with Crippen LogP contribution in [0.1, 0.15) is 43.5 Å². The van der Waals surface area contributed by atoms with Crippen molar-refractivity contribution >= 4 is 21.6 Å². The number of carbonyl (C=O) groups is 1. The molecule has 2 aromatic carbocycles. The fraction of sp³-hybridized carbons (Fsp3) is 0.409. The summed E-state index contributed by atoms with van der Waals surface area (Å²) in [5, 5.41) is 6.11. The average molecular weight is 418 g/mol. The van der Waals surface area contributed by atoms with Crippen molar-refractivity contribution in [3.63, 3.8) is 0 Å². The first-order valence-corrected chi connectivity index (χ1v) is 11.3. The number of anilines is 1. The van der Waals surface area contributed by atoms with Crippen molar-refractivity contribution < 1.29 is 13.2 Å². The summed E-state index contributed by atoms with van der Waals surface area (Å²) in [6.45, 7) is 10.6. The van der Waals surface area contributed by atoms with Gasteiger partial charge in [-0.25, -0.2) is 8.42 Å². The third-order valence-electron chi connectivity index (χ3n) is 4.96. The van der Waals surface area contributed by atoms with Crippen molar-refractivity contribution in [3.05, 3.63) is 59.2 Å². The Labute approximate surface area is 174 Å². The highest BCUT2D eigenvalue weighted by molar-refractivity contribution is 7.89. The number of amides is 1. The van der Waals surface area contributed by atoms with Crippen molar-refractivity contribution in [2.45, 2.75) is 45.6 Å². The van der Waals surface area contributed by atoms with Crippen LogP contribution in [0.3, 0.4) is 0 Å². The summed E-state index contributed by atoms with van der Waals surface area (Å²) in [4.78, 5) is 12.6. The van der Waals surface area contributed by atoms with E-state index >= 15 is 0 Å². The lowest BCUT2D eigenvalue weighted by Crippen LogP contribution is -2.31. The summed E-state index contributed by atoms with van der Waals surface area (Å²) in [7, 11) is -3.46. The predicted octanol–water partition coefficient (Wildman–Crippen LogP) is 3.62. The van der Waals surface area contributed by atoms with Crippen LogP contribution in [0.4, 0.5) is 5.69 Å². The van der Waals surface area contributed by atoms with E-state index in [0.29, 0.717) is 13.1 Å². The minimum Gasteiger partial charge on any atom is -0.325 e. The van der Waals surface area contributed by atoms with E-state index in [1.54, 1.807) is 24.3 Å². The van der Waals surface area contributed by atoms with E-state index in [1.165, 1.54) is 4.31 Å². The molecule has 0 aliphatic heterocycles. The van der Waals surface area contributed by atoms with E-state index < -0.39 is 10.0 Å². The second kappa shape index (κ2) is 10.0. The highest BCUT2D eigenvalue weighted by atomic mass is 32.2. The molecule has 0 aliphatic rings. The lowest BCUT2D eigenvalue weighted by atomic mass is 10.1. The molecule has 0 saturated heterocycles. The van der Waals surface area contributed by atoms with E-state index in [9.17, 15) is 13.2 Å². The normalized spacial score (nSPS) is 12.8. The van der Waals surface area contributed by atoms with Gasteiger partial charge in [-0.15, -0.1) is 0 Å². The molecule has 158 valence electrons. The number of carbonyl (C=O) groups excluding carboxylic acids is 1. The Morgan fingerprint density at radius 2 is 1.66 bits per heavy atom. The predicted molar refractivity (Wildman–Crippen MR) is 118 cm³/mol. The standard InChI is InChI=1S/C22H31N3O3S/c1-6-25(7-2)29(27,28)20-12-10-19(11-13-20)18(5)23-15-22(26)24-21-14-16(3)8-9-17(21)4/h8-14,18,23H,6-7,15H2,1-5H3,(H,24,26)/t18-/m0/s1. The fourth-order valence-electron chi connectivity index (χ4n) is 3.07. The minimum absolute atomic E-state index is 0.0930. The Kier molecular flexibility index (Phi) is 7.96. The molecule has 0 saturated carbocycles. The zero-order valence-corrected chi connectivity index (χ0v) is 18.6. The van der Waals surface area contributed by atoms with E-state index in [0.717, 1.165) is 22.4 Å². The molecule has 29 heavy (non-hydrogen) atoms. The van der Waals surface area contributed by atoms with Gasteiger partial charge in [-0.1, -0.05) is 38.1 Å². The molecule has 1 amide bonds. The molecule has 0 fully saturated rings. The van der Waals surface area contributed by atoms with Gasteiger partial charge in [0.05, 0.1) is 11.4 Å². The number of hydrogen-bond donors (Lipinski definition) is 2. The van der Waals surface area contributed by atoms with Gasteiger partial charge in [0, 0.05) is 24.8 Å². The second-order valence-corrected chi connectivity index (χ2v) is 9.07. The molecule has 1 atom stereocenters. The van der Waals surface area contributed by atoms with Crippen molar-refractivity contribution in [1.29, 1.82) is 0 Å². The number of hydrogen-bond acceptors (Lipinski definition) is 4. The van der Waals surface area contributed by atoms with Crippen LogP contribution in [0.5, 0.6) is 0 Å². The topological polar surface area (TPSA) is 78.5 Å². The Bertz CT molecular complexity index is 936. The quantitative estimate of drug-likeness (QED) is 0.653. The van der Waals surface area contributed by atoms with Gasteiger partial charge in [-0.2, -0.15) is 4.31 Å². The minimum atomic E-state index is -3.46. The molecule has 0 unspecified atom stereocenters. The molecule has 0 aliphatic carbocycles. The van der Waals surface area contributed by atoms with Crippen molar-refractivity contribution in [2.24, 2.45) is 0 Å². The zero-order valence-electron chi connectivity index (χ0n) is 17.8. The van der Waals surface area contributed by atoms with Crippen LogP contribution < -0.4 is 10.6 Å². The number of aryl methyl sites for hydroxylation is 2. The molecule has 0 aromatic heterocycles. The van der Waals surface area contributed by atoms with Crippen LogP contribution in [0.15, 0.2) is 47.4 Å². The first-order valence-electron chi connectivity index (χ1n) is 9.89. The van der Waals surface area contributed by atoms with Gasteiger partial charge in [0.25, 0.3) is 0 Å². The maximum absolute atomic E-state index is 12.6. The lowest BCUT2D eigenvalue weighted by molar-refractivity contribution is -0.115. The zero-order chi connectivity index (χ0) is 21.6. The molecule has 2 aromatic rings. The molecule has 7 heteroatoms. The van der Waals surface area contributed by atoms with Crippen LogP contribution >= 0.6 is 0 Å². The second-order valence-electron chi connectivity index (χ2n) is 7.13. The monoisotopic (exact) mass is 417 g/mol. The lowest BCUT2D eigenvalue weighted by Gasteiger charge is -2.19. The smallest absolute Gasteiger partial charge is 0.243 e. The fourth-order valence-corrected chi connectivity index (χ4v) is 4.53. The van der Waals surface area contributed by atoms with Crippen LogP contribution in [0, 0.1) is 13.8 Å². The summed E-state index contributed by atoms with van der Waals surface area (Å²) in [6, 6.07) is 12.7. The first-order chi connectivity index (χ1) is 13.7. The van der Waals surface area contributed by atoms with E-state index in [1.807, 2.05) is 52.8 Å². The molecule has 2 N–H and O–H groups in total. The highest BCUT2D eigenvalue weighted by Crippen LogP contribution is 2.20. The summed E-state index contributed by atoms with van der Waals surface area (Å²) in [5.74, 6) is -0.119. The van der Waals surface area contributed by atoms with Gasteiger partial charge in [0.15, 0.2) is 0 Å². The molecule has 2 rings (SSSR count). The third-order valence-corrected chi connectivity index (χ3v) is 7.02. The van der Waals surface area contributed by atoms with Crippen LogP contribution in [-0.2, 0) is 14.8 Å². The van der Waals surface area contributed by atoms with Crippen molar-refractivity contribution in [1.82, 2.24) is 9.62 Å². The summed E-state index contributed by atoms with van der Waals surface area (Å²) in [5.41, 5.74) is 3.84. The van der Waals surface area contributed by atoms with Crippen molar-refractivity contribution in [3.8, 4) is 0 Å². The number of rotatable bonds is 9. The average Bonchev–Trinajstić information content (AvgIpc) is 2.69. The maximum atomic E-state index is 12.6. The molecule has 6 nitrogen and oxygen atoms in total. The van der Waals surface area contributed by atoms with Gasteiger partial charge < -0.3 is 10.6 Å². The number of benzene rings is 2. The Morgan fingerprint density at radius 3 is 2.24 bits per heavy atom. The molecule has 0 bridgehead atoms. The number of sulfonamides is 1. The van der Waals surface area contributed by atoms with Crippen LogP contribution in [0.2, 0.25) is 0 Å². The van der Waals surface area contributed by atoms with E-state index in [4.69, 9.17) is 0 Å². The number of nitrogens with zero attached hydrogens (tertiary/aromatic N) is 1. The van der Waals surface area contributed by atoms with E-state index in [-0.39, 0.29) is 23.4 Å². The van der Waals surface area contributed by atoms with E-state index in [2.05, 4.69) is 10.6 Å². The van der Waals surface area contributed by atoms with Gasteiger partial charge in [-0.05, 0) is 55.7 Å². The van der Waals surface area contributed by atoms with Crippen LogP contribution in [0.25, 0.3) is 0 Å². The SMILES string of the molecule is CCN(CC)S(=O)(=O)c1ccc([C@H](C)NCC(=O)Nc2cc(C)ccc2C)cc1. The van der Waals surface area contributed by atoms with Gasteiger partial charge in [-0.3, -0.25) is 4.79 Å². The molecule has 0 heterocycles. The summed E-state index contributed by atoms with van der Waals surface area (Å²) >= 11 is 0. The molecular weight excluding hydrogens is 386 g/mol. The molecular formula is C22H31N3O3S. The third kappa shape index (κ3) is 5.88. The van der Waals surface area contributed by atoms with Crippen molar-refractivity contribution in [2.75, 3.05) is 25.0 Å². The Morgan fingerprint density at radius 1 is 1.03 bits per heavy atom.